The molecule has 1 saturated carbocycles. The number of halogens is 3. The van der Waals surface area contributed by atoms with Crippen LogP contribution >= 0.6 is 0 Å². The van der Waals surface area contributed by atoms with Crippen LogP contribution in [0.1, 0.15) is 31.2 Å². The predicted molar refractivity (Wildman–Crippen MR) is 114 cm³/mol. The Morgan fingerprint density at radius 1 is 1.33 bits per heavy atom. The van der Waals surface area contributed by atoms with Gasteiger partial charge in [0.2, 0.25) is 11.9 Å². The van der Waals surface area contributed by atoms with Crippen molar-refractivity contribution < 1.29 is 27.8 Å². The minimum atomic E-state index is -4.47. The molecule has 2 aliphatic rings. The number of aliphatic hydroxyl groups excluding tert-OH is 1. The molecule has 0 saturated heterocycles. The lowest BCUT2D eigenvalue weighted by Gasteiger charge is -2.38. The first-order chi connectivity index (χ1) is 15.5. The molecule has 0 spiro atoms. The minimum absolute atomic E-state index is 0.123. The summed E-state index contributed by atoms with van der Waals surface area (Å²) in [6, 6.07) is 1.55. The summed E-state index contributed by atoms with van der Waals surface area (Å²) >= 11 is 0. The van der Waals surface area contributed by atoms with Crippen LogP contribution in [0.3, 0.4) is 0 Å². The highest BCUT2D eigenvalue weighted by Crippen LogP contribution is 2.35. The van der Waals surface area contributed by atoms with Crippen molar-refractivity contribution in [2.75, 3.05) is 29.2 Å². The molecule has 12 heteroatoms. The topological polar surface area (TPSA) is 112 Å². The molecule has 2 aromatic heterocycles. The van der Waals surface area contributed by atoms with E-state index in [0.29, 0.717) is 35.5 Å². The van der Waals surface area contributed by atoms with Crippen LogP contribution in [0.25, 0.3) is 0 Å². The van der Waals surface area contributed by atoms with Crippen molar-refractivity contribution in [3.63, 3.8) is 0 Å². The van der Waals surface area contributed by atoms with Gasteiger partial charge in [-0.2, -0.15) is 18.2 Å². The van der Waals surface area contributed by atoms with E-state index < -0.39 is 24.0 Å². The number of aliphatic hydroxyl groups is 1. The van der Waals surface area contributed by atoms with Crippen molar-refractivity contribution in [2.45, 2.75) is 51.1 Å². The number of alkyl halides is 3. The van der Waals surface area contributed by atoms with Gasteiger partial charge in [-0.3, -0.25) is 4.79 Å². The van der Waals surface area contributed by atoms with Gasteiger partial charge in [0.05, 0.1) is 24.6 Å². The van der Waals surface area contributed by atoms with Gasteiger partial charge < -0.3 is 25.4 Å². The number of hydrogen-bond donors (Lipinski definition) is 3. The van der Waals surface area contributed by atoms with Crippen molar-refractivity contribution >= 4 is 23.4 Å². The fraction of sp³-hybridized carbons (Fsp3) is 0.524. The molecular formula is C21H25F3N6O3. The number of rotatable bonds is 6. The van der Waals surface area contributed by atoms with Crippen molar-refractivity contribution in [3.8, 4) is 5.75 Å². The number of anilines is 3. The van der Waals surface area contributed by atoms with Crippen molar-refractivity contribution in [1.82, 2.24) is 15.0 Å². The molecule has 33 heavy (non-hydrogen) atoms. The fourth-order valence-corrected chi connectivity index (χ4v) is 4.09. The highest BCUT2D eigenvalue weighted by molar-refractivity contribution is 6.03. The van der Waals surface area contributed by atoms with Crippen LogP contribution in [0.5, 0.6) is 5.75 Å². The molecule has 1 aliphatic carbocycles. The molecule has 0 radical (unpaired) electrons. The van der Waals surface area contributed by atoms with Crippen LogP contribution in [0.2, 0.25) is 0 Å². The summed E-state index contributed by atoms with van der Waals surface area (Å²) in [5.41, 5.74) is 0.184. The Labute approximate surface area is 188 Å². The Balaban J connectivity index is 1.32. The van der Waals surface area contributed by atoms with Crippen LogP contribution in [0, 0.1) is 12.8 Å². The summed E-state index contributed by atoms with van der Waals surface area (Å²) in [5, 5.41) is 16.0. The molecule has 3 heterocycles. The first-order valence-corrected chi connectivity index (χ1v) is 10.6. The lowest BCUT2D eigenvalue weighted by molar-refractivity contribution is -0.141. The summed E-state index contributed by atoms with van der Waals surface area (Å²) in [5.74, 6) is 1.19. The smallest absolute Gasteiger partial charge is 0.433 e. The average Bonchev–Trinajstić information content (AvgIpc) is 2.70. The highest BCUT2D eigenvalue weighted by atomic mass is 19.4. The SMILES string of the molecule is Cc1nc(NC2CC(COc3ccc(C(F)(F)F)nc3)C2)nc2c1NC(=O)[C@H]([C@@H](C)O)N2C. The van der Waals surface area contributed by atoms with Gasteiger partial charge in [-0.15, -0.1) is 0 Å². The van der Waals surface area contributed by atoms with E-state index in [1.807, 2.05) is 0 Å². The van der Waals surface area contributed by atoms with Crippen LogP contribution in [-0.4, -0.2) is 57.8 Å². The van der Waals surface area contributed by atoms with Crippen LogP contribution in [0.15, 0.2) is 18.3 Å². The third-order valence-electron chi connectivity index (χ3n) is 5.88. The molecule has 4 rings (SSSR count). The van der Waals surface area contributed by atoms with Gasteiger partial charge in [-0.05, 0) is 44.7 Å². The van der Waals surface area contributed by atoms with Gasteiger partial charge in [0, 0.05) is 13.1 Å². The Hall–Kier alpha value is -3.15. The van der Waals surface area contributed by atoms with E-state index in [0.717, 1.165) is 25.1 Å². The number of likely N-dealkylation sites (N-methyl/N-ethyl adjacent to an activating group) is 1. The van der Waals surface area contributed by atoms with E-state index in [2.05, 4.69) is 25.6 Å². The maximum Gasteiger partial charge on any atom is 0.433 e. The summed E-state index contributed by atoms with van der Waals surface area (Å²) in [4.78, 5) is 26.3. The Kier molecular flexibility index (Phi) is 6.04. The van der Waals surface area contributed by atoms with Crippen molar-refractivity contribution in [2.24, 2.45) is 5.92 Å². The molecule has 2 aromatic rings. The van der Waals surface area contributed by atoms with Crippen LogP contribution < -0.4 is 20.3 Å². The van der Waals surface area contributed by atoms with Gasteiger partial charge in [0.25, 0.3) is 0 Å². The summed E-state index contributed by atoms with van der Waals surface area (Å²) in [6.45, 7) is 3.70. The minimum Gasteiger partial charge on any atom is -0.492 e. The molecule has 1 aliphatic heterocycles. The first kappa shape index (κ1) is 23.0. The molecule has 3 N–H and O–H groups in total. The number of nitrogens with zero attached hydrogens (tertiary/aromatic N) is 4. The quantitative estimate of drug-likeness (QED) is 0.596. The summed E-state index contributed by atoms with van der Waals surface area (Å²) in [6.07, 6.45) is -2.69. The number of ether oxygens (including phenoxy) is 1. The van der Waals surface area contributed by atoms with E-state index >= 15 is 0 Å². The molecule has 2 atom stereocenters. The summed E-state index contributed by atoms with van der Waals surface area (Å²) in [7, 11) is 1.71. The maximum atomic E-state index is 12.6. The van der Waals surface area contributed by atoms with Crippen molar-refractivity contribution in [3.05, 3.63) is 29.7 Å². The number of hydrogen-bond acceptors (Lipinski definition) is 8. The molecule has 1 amide bonds. The van der Waals surface area contributed by atoms with Gasteiger partial charge in [-0.25, -0.2) is 9.97 Å². The summed E-state index contributed by atoms with van der Waals surface area (Å²) < 4.78 is 43.3. The van der Waals surface area contributed by atoms with Gasteiger partial charge in [-0.1, -0.05) is 0 Å². The Morgan fingerprint density at radius 2 is 2.06 bits per heavy atom. The monoisotopic (exact) mass is 466 g/mol. The maximum absolute atomic E-state index is 12.6. The third kappa shape index (κ3) is 4.80. The number of pyridine rings is 1. The van der Waals surface area contributed by atoms with E-state index in [1.54, 1.807) is 25.8 Å². The van der Waals surface area contributed by atoms with E-state index in [1.165, 1.54) is 6.07 Å². The zero-order valence-corrected chi connectivity index (χ0v) is 18.3. The second-order valence-corrected chi connectivity index (χ2v) is 8.48. The molecule has 1 fully saturated rings. The van der Waals surface area contributed by atoms with E-state index in [9.17, 15) is 23.1 Å². The zero-order chi connectivity index (χ0) is 23.9. The number of carbonyl (C=O) groups excluding carboxylic acids is 1. The molecular weight excluding hydrogens is 441 g/mol. The highest BCUT2D eigenvalue weighted by Gasteiger charge is 2.37. The Bertz CT molecular complexity index is 1030. The van der Waals surface area contributed by atoms with Crippen molar-refractivity contribution in [1.29, 1.82) is 0 Å². The molecule has 0 bridgehead atoms. The zero-order valence-electron chi connectivity index (χ0n) is 18.3. The standard InChI is InChI=1S/C21H25F3N6O3/c1-10-16-18(30(3)17(11(2)31)19(32)28-16)29-20(26-10)27-13-6-12(7-13)9-33-14-4-5-15(25-8-14)21(22,23)24/h4-5,8,11-13,17,31H,6-7,9H2,1-3H3,(H,28,32)(H,26,27,29)/t11-,12?,13?,17+/m1/s1. The number of aromatic nitrogens is 3. The number of amides is 1. The molecule has 0 aromatic carbocycles. The van der Waals surface area contributed by atoms with E-state index in [-0.39, 0.29) is 17.9 Å². The van der Waals surface area contributed by atoms with Crippen LogP contribution in [0.4, 0.5) is 30.6 Å². The number of aryl methyl sites for hydroxylation is 1. The predicted octanol–water partition coefficient (Wildman–Crippen LogP) is 2.61. The van der Waals surface area contributed by atoms with Gasteiger partial charge in [0.15, 0.2) is 5.82 Å². The lowest BCUT2D eigenvalue weighted by Crippen LogP contribution is -2.52. The second-order valence-electron chi connectivity index (χ2n) is 8.48. The molecule has 178 valence electrons. The van der Waals surface area contributed by atoms with Gasteiger partial charge in [0.1, 0.15) is 23.2 Å². The molecule has 9 nitrogen and oxygen atoms in total. The second kappa shape index (κ2) is 8.65. The number of fused-ring (bicyclic) bond motifs is 1. The first-order valence-electron chi connectivity index (χ1n) is 10.6. The number of nitrogens with one attached hydrogen (secondary N) is 2. The average molecular weight is 466 g/mol. The van der Waals surface area contributed by atoms with E-state index in [4.69, 9.17) is 4.74 Å². The lowest BCUT2D eigenvalue weighted by atomic mass is 9.81. The molecule has 0 unspecified atom stereocenters. The Morgan fingerprint density at radius 3 is 2.67 bits per heavy atom. The third-order valence-corrected chi connectivity index (χ3v) is 5.88. The van der Waals surface area contributed by atoms with Gasteiger partial charge >= 0.3 is 6.18 Å². The normalized spacial score (nSPS) is 23.3. The number of carbonyl (C=O) groups is 1. The largest absolute Gasteiger partial charge is 0.492 e. The van der Waals surface area contributed by atoms with Crippen LogP contribution in [-0.2, 0) is 11.0 Å². The fourth-order valence-electron chi connectivity index (χ4n) is 4.09.